The molecule has 2 amide bonds. The Hall–Kier alpha value is -3.31. The van der Waals surface area contributed by atoms with Crippen molar-refractivity contribution in [3.63, 3.8) is 0 Å². The molecule has 1 aliphatic heterocycles. The average Bonchev–Trinajstić information content (AvgIpc) is 3.26. The normalized spacial score (nSPS) is 14.4. The number of thiazole rings is 1. The number of nitrogens with zero attached hydrogens (tertiary/aromatic N) is 5. The zero-order chi connectivity index (χ0) is 23.0. The number of aromatic nitrogens is 3. The van der Waals surface area contributed by atoms with Crippen LogP contribution in [-0.4, -0.2) is 60.7 Å². The Labute approximate surface area is 194 Å². The molecule has 1 aromatic carbocycles. The van der Waals surface area contributed by atoms with Gasteiger partial charge in [0.1, 0.15) is 17.2 Å². The molecular weight excluding hydrogens is 445 g/mol. The predicted molar refractivity (Wildman–Crippen MR) is 125 cm³/mol. The first kappa shape index (κ1) is 22.9. The third kappa shape index (κ3) is 5.74. The first-order valence-electron chi connectivity index (χ1n) is 10.8. The van der Waals surface area contributed by atoms with E-state index in [0.717, 1.165) is 24.6 Å². The molecule has 0 aliphatic carbocycles. The van der Waals surface area contributed by atoms with Crippen molar-refractivity contribution < 1.29 is 13.9 Å². The largest absolute Gasteiger partial charge is 0.378 e. The van der Waals surface area contributed by atoms with E-state index in [0.29, 0.717) is 43.2 Å². The molecular formula is C22H26FN7O2S. The lowest BCUT2D eigenvalue weighted by Crippen LogP contribution is -2.36. The van der Waals surface area contributed by atoms with Gasteiger partial charge < -0.3 is 24.8 Å². The molecule has 4 rings (SSSR count). The van der Waals surface area contributed by atoms with Crippen LogP contribution < -0.4 is 20.3 Å². The zero-order valence-corrected chi connectivity index (χ0v) is 19.1. The van der Waals surface area contributed by atoms with Crippen molar-refractivity contribution in [3.05, 3.63) is 52.4 Å². The van der Waals surface area contributed by atoms with Crippen molar-refractivity contribution in [2.75, 3.05) is 44.8 Å². The highest BCUT2D eigenvalue weighted by Gasteiger charge is 2.15. The summed E-state index contributed by atoms with van der Waals surface area (Å²) in [5.41, 5.74) is 1.82. The monoisotopic (exact) mass is 471 g/mol. The predicted octanol–water partition coefficient (Wildman–Crippen LogP) is 2.53. The first-order valence-corrected chi connectivity index (χ1v) is 11.6. The van der Waals surface area contributed by atoms with Crippen LogP contribution in [0.4, 0.5) is 20.7 Å². The number of carbonyl (C=O) groups excluding carboxylic acids is 1. The second-order valence-corrected chi connectivity index (χ2v) is 8.19. The summed E-state index contributed by atoms with van der Waals surface area (Å²) < 4.78 is 21.6. The van der Waals surface area contributed by atoms with Crippen LogP contribution in [0.15, 0.2) is 46.8 Å². The van der Waals surface area contributed by atoms with Crippen LogP contribution in [-0.2, 0) is 11.3 Å². The van der Waals surface area contributed by atoms with Gasteiger partial charge in [0, 0.05) is 38.6 Å². The maximum Gasteiger partial charge on any atom is 0.314 e. The van der Waals surface area contributed by atoms with E-state index in [1.165, 1.54) is 17.4 Å². The maximum atomic E-state index is 14.2. The molecule has 0 saturated carbocycles. The third-order valence-corrected chi connectivity index (χ3v) is 6.05. The number of urea groups is 1. The molecule has 0 atom stereocenters. The minimum absolute atomic E-state index is 0.230. The fourth-order valence-corrected chi connectivity index (χ4v) is 4.37. The van der Waals surface area contributed by atoms with Gasteiger partial charge in [0.15, 0.2) is 10.6 Å². The molecule has 1 fully saturated rings. The quantitative estimate of drug-likeness (QED) is 0.516. The van der Waals surface area contributed by atoms with Crippen molar-refractivity contribution in [1.82, 2.24) is 25.4 Å². The van der Waals surface area contributed by atoms with Crippen LogP contribution in [0, 0.1) is 5.82 Å². The highest BCUT2D eigenvalue weighted by atomic mass is 32.1. The molecule has 1 saturated heterocycles. The Bertz CT molecular complexity index is 1140. The van der Waals surface area contributed by atoms with E-state index in [4.69, 9.17) is 4.74 Å². The number of hydrogen-bond acceptors (Lipinski definition) is 7. The zero-order valence-electron chi connectivity index (χ0n) is 18.3. The van der Waals surface area contributed by atoms with E-state index >= 15 is 0 Å². The van der Waals surface area contributed by atoms with Crippen molar-refractivity contribution >= 4 is 28.9 Å². The number of morpholine rings is 1. The van der Waals surface area contributed by atoms with E-state index in [9.17, 15) is 9.18 Å². The van der Waals surface area contributed by atoms with Crippen molar-refractivity contribution in [2.24, 2.45) is 4.99 Å². The van der Waals surface area contributed by atoms with Crippen LogP contribution in [0.25, 0.3) is 11.4 Å². The number of carbonyl (C=O) groups is 1. The van der Waals surface area contributed by atoms with Crippen molar-refractivity contribution in [3.8, 4) is 11.4 Å². The van der Waals surface area contributed by atoms with Crippen LogP contribution in [0.1, 0.15) is 6.42 Å². The lowest BCUT2D eigenvalue weighted by Gasteiger charge is -2.27. The highest BCUT2D eigenvalue weighted by Crippen LogP contribution is 2.22. The molecule has 0 spiro atoms. The summed E-state index contributed by atoms with van der Waals surface area (Å²) in [6.45, 7) is 4.00. The summed E-state index contributed by atoms with van der Waals surface area (Å²) in [4.78, 5) is 18.8. The Morgan fingerprint density at radius 1 is 1.21 bits per heavy atom. The molecule has 3 heterocycles. The number of nitrogens with one attached hydrogen (secondary N) is 2. The molecule has 0 radical (unpaired) electrons. The Morgan fingerprint density at radius 3 is 2.76 bits per heavy atom. The number of hydrogen-bond donors (Lipinski definition) is 2. The average molecular weight is 472 g/mol. The van der Waals surface area contributed by atoms with Crippen molar-refractivity contribution in [1.29, 1.82) is 0 Å². The number of benzene rings is 1. The number of para-hydroxylation sites is 1. The van der Waals surface area contributed by atoms with Gasteiger partial charge in [-0.05, 0) is 30.7 Å². The third-order valence-electron chi connectivity index (χ3n) is 5.19. The van der Waals surface area contributed by atoms with Gasteiger partial charge in [-0.1, -0.05) is 12.1 Å². The van der Waals surface area contributed by atoms with Gasteiger partial charge in [-0.25, -0.2) is 14.2 Å². The fourth-order valence-electron chi connectivity index (χ4n) is 3.44. The van der Waals surface area contributed by atoms with Gasteiger partial charge in [-0.15, -0.1) is 21.5 Å². The Balaban J connectivity index is 1.62. The van der Waals surface area contributed by atoms with Gasteiger partial charge in [-0.3, -0.25) is 0 Å². The molecule has 0 unspecified atom stereocenters. The first-order chi connectivity index (χ1) is 16.2. The summed E-state index contributed by atoms with van der Waals surface area (Å²) >= 11 is 1.41. The maximum absolute atomic E-state index is 14.2. The van der Waals surface area contributed by atoms with E-state index in [1.54, 1.807) is 25.2 Å². The molecule has 33 heavy (non-hydrogen) atoms. The molecule has 2 aromatic heterocycles. The minimum Gasteiger partial charge on any atom is -0.378 e. The van der Waals surface area contributed by atoms with Crippen LogP contribution in [0.5, 0.6) is 0 Å². The Morgan fingerprint density at radius 2 is 2.03 bits per heavy atom. The van der Waals surface area contributed by atoms with Gasteiger partial charge in [0.05, 0.1) is 18.9 Å². The van der Waals surface area contributed by atoms with Gasteiger partial charge in [0.25, 0.3) is 0 Å². The fraction of sp³-hybridized carbons (Fsp3) is 0.364. The summed E-state index contributed by atoms with van der Waals surface area (Å²) in [7, 11) is 1.58. The molecule has 0 bridgehead atoms. The smallest absolute Gasteiger partial charge is 0.314 e. The van der Waals surface area contributed by atoms with E-state index < -0.39 is 0 Å². The molecule has 2 N–H and O–H groups in total. The second-order valence-electron chi connectivity index (χ2n) is 7.35. The lowest BCUT2D eigenvalue weighted by atomic mass is 10.3. The number of ether oxygens (including phenoxy) is 1. The van der Waals surface area contributed by atoms with Crippen LogP contribution in [0.2, 0.25) is 0 Å². The molecule has 174 valence electrons. The molecule has 1 aliphatic rings. The summed E-state index contributed by atoms with van der Waals surface area (Å²) in [5, 5.41) is 16.1. The van der Waals surface area contributed by atoms with E-state index in [2.05, 4.69) is 30.7 Å². The van der Waals surface area contributed by atoms with Gasteiger partial charge >= 0.3 is 6.03 Å². The Kier molecular flexibility index (Phi) is 7.63. The highest BCUT2D eigenvalue weighted by molar-refractivity contribution is 7.07. The minimum atomic E-state index is -0.380. The molecule has 3 aromatic rings. The van der Waals surface area contributed by atoms with Crippen molar-refractivity contribution in [2.45, 2.75) is 13.0 Å². The standard InChI is InChI=1S/C22H26FN7O2S/c1-24-21(31)25-9-4-10-30-19(15-33-22(30)26-17-6-3-2-5-16(17)23)18-7-8-20(28-27-18)29-11-13-32-14-12-29/h2-3,5-8,15H,4,9-14H2,1H3,(H2,24,25,31). The van der Waals surface area contributed by atoms with E-state index in [1.807, 2.05) is 22.1 Å². The number of halogens is 1. The topological polar surface area (TPSA) is 96.7 Å². The summed E-state index contributed by atoms with van der Waals surface area (Å²) in [6, 6.07) is 10.1. The lowest BCUT2D eigenvalue weighted by molar-refractivity contribution is 0.122. The number of rotatable bonds is 7. The van der Waals surface area contributed by atoms with Crippen LogP contribution >= 0.6 is 11.3 Å². The second kappa shape index (κ2) is 11.0. The summed E-state index contributed by atoms with van der Waals surface area (Å²) in [6.07, 6.45) is 0.668. The van der Waals surface area contributed by atoms with E-state index in [-0.39, 0.29) is 17.5 Å². The van der Waals surface area contributed by atoms with Gasteiger partial charge in [0.2, 0.25) is 0 Å². The summed E-state index contributed by atoms with van der Waals surface area (Å²) in [5.74, 6) is 0.435. The SMILES string of the molecule is CNC(=O)NCCCn1c(-c2ccc(N3CCOCC3)nn2)csc1=Nc1ccccc1F. The molecule has 9 nitrogen and oxygen atoms in total. The number of anilines is 1. The number of amides is 2. The molecule has 11 heteroatoms. The van der Waals surface area contributed by atoms with Gasteiger partial charge in [-0.2, -0.15) is 0 Å². The van der Waals surface area contributed by atoms with Crippen LogP contribution in [0.3, 0.4) is 0 Å².